The number of amides is 2. The van der Waals surface area contributed by atoms with Gasteiger partial charge in [-0.3, -0.25) is 14.4 Å². The predicted octanol–water partition coefficient (Wildman–Crippen LogP) is 2.48. The summed E-state index contributed by atoms with van der Waals surface area (Å²) in [4.78, 5) is 36.4. The average molecular weight is 397 g/mol. The van der Waals surface area contributed by atoms with E-state index in [9.17, 15) is 14.4 Å². The normalized spacial score (nSPS) is 17.2. The Morgan fingerprint density at radius 1 is 1.38 bits per heavy atom. The molecule has 2 N–H and O–H groups in total. The molecule has 0 aromatic heterocycles. The summed E-state index contributed by atoms with van der Waals surface area (Å²) >= 11 is 3.43. The van der Waals surface area contributed by atoms with Crippen molar-refractivity contribution in [2.45, 2.75) is 32.6 Å². The number of halogens is 1. The van der Waals surface area contributed by atoms with Gasteiger partial charge in [0.05, 0.1) is 5.92 Å². The summed E-state index contributed by atoms with van der Waals surface area (Å²) in [6, 6.07) is 5.68. The maximum Gasteiger partial charge on any atom is 0.303 e. The number of hydrogen-bond donors (Lipinski definition) is 2. The van der Waals surface area contributed by atoms with Crippen molar-refractivity contribution in [2.24, 2.45) is 5.92 Å². The van der Waals surface area contributed by atoms with Gasteiger partial charge in [0.1, 0.15) is 0 Å². The first-order valence-electron chi connectivity index (χ1n) is 7.94. The Kier molecular flexibility index (Phi) is 6.36. The van der Waals surface area contributed by atoms with Crippen LogP contribution in [0.25, 0.3) is 0 Å². The number of aliphatic carboxylic acids is 1. The number of nitrogens with zero attached hydrogens (tertiary/aromatic N) is 1. The lowest BCUT2D eigenvalue weighted by Crippen LogP contribution is -2.33. The standard InChI is InChI=1S/C17H21BrN2O4/c1-11-8-13(5-6-14(11)18)20-10-12(9-15(20)21)17(24)19-7-3-2-4-16(22)23/h5-6,8,12H,2-4,7,9-10H2,1H3,(H,19,24)(H,22,23). The molecule has 1 atom stereocenters. The zero-order valence-electron chi connectivity index (χ0n) is 13.5. The van der Waals surface area contributed by atoms with E-state index in [-0.39, 0.29) is 30.6 Å². The Bertz CT molecular complexity index is 647. The number of anilines is 1. The molecule has 7 heteroatoms. The van der Waals surface area contributed by atoms with Crippen molar-refractivity contribution in [1.82, 2.24) is 5.32 Å². The van der Waals surface area contributed by atoms with Crippen LogP contribution in [-0.4, -0.2) is 36.0 Å². The Morgan fingerprint density at radius 3 is 2.79 bits per heavy atom. The molecule has 2 amide bonds. The van der Waals surface area contributed by atoms with Crippen molar-refractivity contribution in [2.75, 3.05) is 18.0 Å². The number of benzene rings is 1. The third-order valence-corrected chi connectivity index (χ3v) is 4.96. The quantitative estimate of drug-likeness (QED) is 0.693. The minimum atomic E-state index is -0.830. The van der Waals surface area contributed by atoms with Crippen LogP contribution in [0.4, 0.5) is 5.69 Å². The first-order valence-corrected chi connectivity index (χ1v) is 8.74. The molecule has 1 unspecified atom stereocenters. The number of carbonyl (C=O) groups is 3. The molecule has 1 fully saturated rings. The molecule has 1 aromatic carbocycles. The predicted molar refractivity (Wildman–Crippen MR) is 93.8 cm³/mol. The number of carboxylic acid groups (broad SMARTS) is 1. The topological polar surface area (TPSA) is 86.7 Å². The molecular weight excluding hydrogens is 376 g/mol. The Labute approximate surface area is 149 Å². The summed E-state index contributed by atoms with van der Waals surface area (Å²) in [7, 11) is 0. The van der Waals surface area contributed by atoms with Crippen molar-refractivity contribution >= 4 is 39.4 Å². The molecule has 1 aromatic rings. The van der Waals surface area contributed by atoms with Crippen molar-refractivity contribution in [3.63, 3.8) is 0 Å². The lowest BCUT2D eigenvalue weighted by Gasteiger charge is -2.17. The molecule has 1 aliphatic heterocycles. The van der Waals surface area contributed by atoms with Crippen LogP contribution in [0.1, 0.15) is 31.2 Å². The number of rotatable bonds is 7. The molecule has 130 valence electrons. The molecule has 6 nitrogen and oxygen atoms in total. The van der Waals surface area contributed by atoms with Crippen molar-refractivity contribution < 1.29 is 19.5 Å². The Balaban J connectivity index is 1.86. The van der Waals surface area contributed by atoms with E-state index in [1.165, 1.54) is 0 Å². The minimum Gasteiger partial charge on any atom is -0.481 e. The lowest BCUT2D eigenvalue weighted by atomic mass is 10.1. The van der Waals surface area contributed by atoms with Gasteiger partial charge in [0.25, 0.3) is 0 Å². The third kappa shape index (κ3) is 4.80. The smallest absolute Gasteiger partial charge is 0.303 e. The number of aryl methyl sites for hydroxylation is 1. The van der Waals surface area contributed by atoms with Crippen molar-refractivity contribution in [3.05, 3.63) is 28.2 Å². The zero-order valence-corrected chi connectivity index (χ0v) is 15.1. The second-order valence-electron chi connectivity index (χ2n) is 5.98. The van der Waals surface area contributed by atoms with E-state index >= 15 is 0 Å². The van der Waals surface area contributed by atoms with Crippen LogP contribution in [0.2, 0.25) is 0 Å². The lowest BCUT2D eigenvalue weighted by molar-refractivity contribution is -0.137. The van der Waals surface area contributed by atoms with Gasteiger partial charge < -0.3 is 15.3 Å². The van der Waals surface area contributed by atoms with Gasteiger partial charge in [0.15, 0.2) is 0 Å². The van der Waals surface area contributed by atoms with Gasteiger partial charge in [-0.25, -0.2) is 0 Å². The fraction of sp³-hybridized carbons (Fsp3) is 0.471. The molecule has 0 radical (unpaired) electrons. The summed E-state index contributed by atoms with van der Waals surface area (Å²) in [5.74, 6) is -1.39. The van der Waals surface area contributed by atoms with Crippen LogP contribution in [0.3, 0.4) is 0 Å². The number of nitrogens with one attached hydrogen (secondary N) is 1. The molecule has 2 rings (SSSR count). The van der Waals surface area contributed by atoms with E-state index in [0.29, 0.717) is 25.9 Å². The SMILES string of the molecule is Cc1cc(N2CC(C(=O)NCCCCC(=O)O)CC2=O)ccc1Br. The summed E-state index contributed by atoms with van der Waals surface area (Å²) < 4.78 is 0.980. The summed E-state index contributed by atoms with van der Waals surface area (Å²) in [6.45, 7) is 2.77. The second kappa shape index (κ2) is 8.28. The number of carboxylic acids is 1. The monoisotopic (exact) mass is 396 g/mol. The summed E-state index contributed by atoms with van der Waals surface area (Å²) in [5.41, 5.74) is 1.84. The van der Waals surface area contributed by atoms with Crippen molar-refractivity contribution in [3.8, 4) is 0 Å². The van der Waals surface area contributed by atoms with E-state index in [2.05, 4.69) is 21.2 Å². The Morgan fingerprint density at radius 2 is 2.12 bits per heavy atom. The maximum atomic E-state index is 12.2. The number of unbranched alkanes of at least 4 members (excludes halogenated alkanes) is 1. The molecule has 0 saturated carbocycles. The Hall–Kier alpha value is -1.89. The molecule has 0 bridgehead atoms. The maximum absolute atomic E-state index is 12.2. The van der Waals surface area contributed by atoms with Crippen LogP contribution in [0, 0.1) is 12.8 Å². The highest BCUT2D eigenvalue weighted by molar-refractivity contribution is 9.10. The zero-order chi connectivity index (χ0) is 17.7. The number of carbonyl (C=O) groups excluding carboxylic acids is 2. The fourth-order valence-electron chi connectivity index (χ4n) is 2.69. The van der Waals surface area contributed by atoms with E-state index in [1.54, 1.807) is 4.90 Å². The molecule has 0 spiro atoms. The van der Waals surface area contributed by atoms with Gasteiger partial charge in [-0.05, 0) is 43.5 Å². The minimum absolute atomic E-state index is 0.0530. The van der Waals surface area contributed by atoms with Crippen LogP contribution in [-0.2, 0) is 14.4 Å². The second-order valence-corrected chi connectivity index (χ2v) is 6.84. The van der Waals surface area contributed by atoms with E-state index < -0.39 is 5.97 Å². The van der Waals surface area contributed by atoms with Crippen LogP contribution >= 0.6 is 15.9 Å². The highest BCUT2D eigenvalue weighted by Crippen LogP contribution is 2.28. The van der Waals surface area contributed by atoms with Crippen LogP contribution in [0.5, 0.6) is 0 Å². The molecular formula is C17H21BrN2O4. The van der Waals surface area contributed by atoms with Gasteiger partial charge in [-0.2, -0.15) is 0 Å². The van der Waals surface area contributed by atoms with E-state index in [1.807, 2.05) is 25.1 Å². The largest absolute Gasteiger partial charge is 0.481 e. The first-order chi connectivity index (χ1) is 11.4. The molecule has 24 heavy (non-hydrogen) atoms. The number of hydrogen-bond acceptors (Lipinski definition) is 3. The fourth-order valence-corrected chi connectivity index (χ4v) is 2.93. The van der Waals surface area contributed by atoms with E-state index in [4.69, 9.17) is 5.11 Å². The summed E-state index contributed by atoms with van der Waals surface area (Å²) in [5, 5.41) is 11.4. The van der Waals surface area contributed by atoms with Gasteiger partial charge in [-0.1, -0.05) is 15.9 Å². The molecule has 0 aliphatic carbocycles. The van der Waals surface area contributed by atoms with E-state index in [0.717, 1.165) is 15.7 Å². The van der Waals surface area contributed by atoms with Gasteiger partial charge >= 0.3 is 5.97 Å². The first kappa shape index (κ1) is 18.4. The van der Waals surface area contributed by atoms with Crippen LogP contribution < -0.4 is 10.2 Å². The van der Waals surface area contributed by atoms with Gasteiger partial charge in [0.2, 0.25) is 11.8 Å². The highest BCUT2D eigenvalue weighted by Gasteiger charge is 2.35. The molecule has 1 heterocycles. The molecule has 1 aliphatic rings. The highest BCUT2D eigenvalue weighted by atomic mass is 79.9. The van der Waals surface area contributed by atoms with Crippen LogP contribution in [0.15, 0.2) is 22.7 Å². The average Bonchev–Trinajstić information content (AvgIpc) is 2.91. The third-order valence-electron chi connectivity index (χ3n) is 4.07. The summed E-state index contributed by atoms with van der Waals surface area (Å²) in [6.07, 6.45) is 1.46. The van der Waals surface area contributed by atoms with Gasteiger partial charge in [-0.15, -0.1) is 0 Å². The van der Waals surface area contributed by atoms with Gasteiger partial charge in [0, 0.05) is 36.1 Å². The van der Waals surface area contributed by atoms with Crippen molar-refractivity contribution in [1.29, 1.82) is 0 Å². The molecule has 1 saturated heterocycles.